The molecule has 2 bridgehead atoms. The molecule has 3 aromatic rings. The summed E-state index contributed by atoms with van der Waals surface area (Å²) in [4.78, 5) is 7.76. The van der Waals surface area contributed by atoms with Gasteiger partial charge in [0.2, 0.25) is 0 Å². The Morgan fingerprint density at radius 2 is 1.47 bits per heavy atom. The summed E-state index contributed by atoms with van der Waals surface area (Å²) in [5, 5.41) is 0. The Labute approximate surface area is 178 Å². The van der Waals surface area contributed by atoms with Gasteiger partial charge in [-0.05, 0) is 54.8 Å². The summed E-state index contributed by atoms with van der Waals surface area (Å²) in [5.74, 6) is 0.592. The fraction of sp³-hybridized carbons (Fsp3) is 0.296. The van der Waals surface area contributed by atoms with E-state index < -0.39 is 0 Å². The van der Waals surface area contributed by atoms with Gasteiger partial charge in [0, 0.05) is 17.5 Å². The number of piperidine rings is 3. The van der Waals surface area contributed by atoms with Crippen molar-refractivity contribution in [3.63, 3.8) is 0 Å². The molecule has 3 fully saturated rings. The second-order valence-corrected chi connectivity index (χ2v) is 8.43. The van der Waals surface area contributed by atoms with Crippen LogP contribution in [0.2, 0.25) is 0 Å². The molecular formula is C27H27FN2. The average Bonchev–Trinajstić information content (AvgIpc) is 2.81. The van der Waals surface area contributed by atoms with Gasteiger partial charge in [0.25, 0.3) is 0 Å². The zero-order valence-corrected chi connectivity index (χ0v) is 17.1. The van der Waals surface area contributed by atoms with E-state index >= 15 is 0 Å². The molecule has 6 rings (SSSR count). The summed E-state index contributed by atoms with van der Waals surface area (Å²) in [7, 11) is 0. The highest BCUT2D eigenvalue weighted by molar-refractivity contribution is 5.94. The molecule has 1 atom stereocenters. The monoisotopic (exact) mass is 398 g/mol. The molecule has 0 spiro atoms. The molecule has 3 aromatic carbocycles. The minimum Gasteiger partial charge on any atom is -0.294 e. The third-order valence-corrected chi connectivity index (χ3v) is 6.61. The predicted octanol–water partition coefficient (Wildman–Crippen LogP) is 5.69. The van der Waals surface area contributed by atoms with Gasteiger partial charge in [-0.15, -0.1) is 0 Å². The Morgan fingerprint density at radius 3 is 2.07 bits per heavy atom. The van der Waals surface area contributed by atoms with E-state index in [9.17, 15) is 4.39 Å². The fourth-order valence-electron chi connectivity index (χ4n) is 5.20. The highest BCUT2D eigenvalue weighted by Crippen LogP contribution is 2.40. The van der Waals surface area contributed by atoms with Crippen molar-refractivity contribution >= 4 is 5.71 Å². The third kappa shape index (κ3) is 3.82. The maximum Gasteiger partial charge on any atom is 0.123 e. The van der Waals surface area contributed by atoms with E-state index in [0.29, 0.717) is 12.5 Å². The van der Waals surface area contributed by atoms with Crippen LogP contribution in [0.25, 0.3) is 0 Å². The van der Waals surface area contributed by atoms with E-state index in [1.54, 1.807) is 12.1 Å². The number of benzene rings is 3. The number of hydrogen-bond donors (Lipinski definition) is 0. The second kappa shape index (κ2) is 8.53. The quantitative estimate of drug-likeness (QED) is 0.539. The summed E-state index contributed by atoms with van der Waals surface area (Å²) in [6.45, 7) is 2.80. The molecule has 3 aliphatic heterocycles. The molecule has 3 saturated heterocycles. The average molecular weight is 399 g/mol. The summed E-state index contributed by atoms with van der Waals surface area (Å²) >= 11 is 0. The SMILES string of the molecule is Fc1cccc(C/N=C2\C3CCN(CC3)C2C(c2ccccc2)c2ccccc2)c1. The Hall–Kier alpha value is -2.78. The molecule has 3 aliphatic rings. The summed E-state index contributed by atoms with van der Waals surface area (Å²) in [6, 6.07) is 28.7. The van der Waals surface area contributed by atoms with Crippen molar-refractivity contribution in [2.45, 2.75) is 31.3 Å². The zero-order chi connectivity index (χ0) is 20.3. The number of fused-ring (bicyclic) bond motifs is 3. The zero-order valence-electron chi connectivity index (χ0n) is 17.1. The molecular weight excluding hydrogens is 371 g/mol. The van der Waals surface area contributed by atoms with Crippen LogP contribution < -0.4 is 0 Å². The topological polar surface area (TPSA) is 15.6 Å². The Bertz CT molecular complexity index is 968. The Balaban J connectivity index is 1.56. The third-order valence-electron chi connectivity index (χ3n) is 6.61. The van der Waals surface area contributed by atoms with Crippen molar-refractivity contribution < 1.29 is 4.39 Å². The van der Waals surface area contributed by atoms with Gasteiger partial charge in [-0.2, -0.15) is 0 Å². The molecule has 3 heteroatoms. The molecule has 152 valence electrons. The lowest BCUT2D eigenvalue weighted by atomic mass is 9.72. The number of halogens is 1. The fourth-order valence-corrected chi connectivity index (χ4v) is 5.20. The van der Waals surface area contributed by atoms with E-state index in [-0.39, 0.29) is 17.8 Å². The molecule has 0 radical (unpaired) electrons. The summed E-state index contributed by atoms with van der Waals surface area (Å²) < 4.78 is 13.7. The van der Waals surface area contributed by atoms with Gasteiger partial charge in [0.05, 0.1) is 12.6 Å². The van der Waals surface area contributed by atoms with Crippen molar-refractivity contribution in [3.05, 3.63) is 107 Å². The van der Waals surface area contributed by atoms with Gasteiger partial charge in [0.1, 0.15) is 5.82 Å². The van der Waals surface area contributed by atoms with Crippen molar-refractivity contribution in [2.75, 3.05) is 13.1 Å². The maximum absolute atomic E-state index is 13.7. The van der Waals surface area contributed by atoms with Crippen LogP contribution in [0.5, 0.6) is 0 Å². The van der Waals surface area contributed by atoms with Crippen molar-refractivity contribution in [3.8, 4) is 0 Å². The number of nitrogens with zero attached hydrogens (tertiary/aromatic N) is 2. The second-order valence-electron chi connectivity index (χ2n) is 8.43. The molecule has 0 N–H and O–H groups in total. The first-order valence-electron chi connectivity index (χ1n) is 10.9. The van der Waals surface area contributed by atoms with Crippen LogP contribution in [0.1, 0.15) is 35.4 Å². The number of aliphatic imine (C=N–C) groups is 1. The number of hydrogen-bond acceptors (Lipinski definition) is 2. The minimum absolute atomic E-state index is 0.190. The lowest BCUT2D eigenvalue weighted by molar-refractivity contribution is 0.135. The smallest absolute Gasteiger partial charge is 0.123 e. The van der Waals surface area contributed by atoms with Gasteiger partial charge in [-0.25, -0.2) is 4.39 Å². The van der Waals surface area contributed by atoms with E-state index in [2.05, 4.69) is 65.6 Å². The molecule has 0 amide bonds. The van der Waals surface area contributed by atoms with Crippen LogP contribution in [0, 0.1) is 11.7 Å². The molecule has 3 heterocycles. The van der Waals surface area contributed by atoms with Crippen LogP contribution in [0.3, 0.4) is 0 Å². The maximum atomic E-state index is 13.7. The molecule has 0 saturated carbocycles. The molecule has 0 aromatic heterocycles. The van der Waals surface area contributed by atoms with Crippen LogP contribution in [0.15, 0.2) is 89.9 Å². The van der Waals surface area contributed by atoms with Gasteiger partial charge >= 0.3 is 0 Å². The summed E-state index contributed by atoms with van der Waals surface area (Å²) in [6.07, 6.45) is 2.35. The Kier molecular flexibility index (Phi) is 5.46. The largest absolute Gasteiger partial charge is 0.294 e. The molecule has 2 nitrogen and oxygen atoms in total. The predicted molar refractivity (Wildman–Crippen MR) is 120 cm³/mol. The van der Waals surface area contributed by atoms with Gasteiger partial charge in [-0.3, -0.25) is 9.89 Å². The first-order valence-corrected chi connectivity index (χ1v) is 10.9. The van der Waals surface area contributed by atoms with E-state index in [1.165, 1.54) is 35.7 Å². The van der Waals surface area contributed by atoms with Crippen LogP contribution >= 0.6 is 0 Å². The van der Waals surface area contributed by atoms with Gasteiger partial charge in [0.15, 0.2) is 0 Å². The summed E-state index contributed by atoms with van der Waals surface area (Å²) in [5.41, 5.74) is 4.91. The van der Waals surface area contributed by atoms with Crippen LogP contribution in [-0.2, 0) is 6.54 Å². The van der Waals surface area contributed by atoms with Crippen LogP contribution in [0.4, 0.5) is 4.39 Å². The minimum atomic E-state index is -0.190. The van der Waals surface area contributed by atoms with Crippen molar-refractivity contribution in [1.29, 1.82) is 0 Å². The Morgan fingerprint density at radius 1 is 0.833 bits per heavy atom. The standard InChI is InChI=1S/C27H27FN2/c28-24-13-7-8-20(18-24)19-29-26-23-14-16-30(17-15-23)27(26)25(21-9-3-1-4-10-21)22-11-5-2-6-12-22/h1-13,18,23,25,27H,14-17,19H2/b29-26+. The van der Waals surface area contributed by atoms with Crippen molar-refractivity contribution in [1.82, 2.24) is 4.90 Å². The van der Waals surface area contributed by atoms with E-state index in [4.69, 9.17) is 4.99 Å². The molecule has 0 aliphatic carbocycles. The highest BCUT2D eigenvalue weighted by atomic mass is 19.1. The van der Waals surface area contributed by atoms with E-state index in [1.807, 2.05) is 6.07 Å². The lowest BCUT2D eigenvalue weighted by Crippen LogP contribution is -2.58. The van der Waals surface area contributed by atoms with E-state index in [0.717, 1.165) is 18.7 Å². The van der Waals surface area contributed by atoms with Crippen LogP contribution in [-0.4, -0.2) is 29.7 Å². The molecule has 30 heavy (non-hydrogen) atoms. The van der Waals surface area contributed by atoms with Gasteiger partial charge in [-0.1, -0.05) is 72.8 Å². The first kappa shape index (κ1) is 19.2. The highest BCUT2D eigenvalue weighted by Gasteiger charge is 2.43. The molecule has 1 unspecified atom stereocenters. The van der Waals surface area contributed by atoms with Gasteiger partial charge < -0.3 is 0 Å². The normalized spacial score (nSPS) is 24.5. The van der Waals surface area contributed by atoms with Crippen molar-refractivity contribution in [2.24, 2.45) is 10.9 Å². The number of rotatable bonds is 5. The first-order chi connectivity index (χ1) is 14.8. The lowest BCUT2D eigenvalue weighted by Gasteiger charge is -2.49.